The minimum absolute atomic E-state index is 0.00507. The Morgan fingerprint density at radius 1 is 1.31 bits per heavy atom. The molecule has 35 heavy (non-hydrogen) atoms. The van der Waals surface area contributed by atoms with Crippen LogP contribution in [0.3, 0.4) is 0 Å². The van der Waals surface area contributed by atoms with Gasteiger partial charge in [0.25, 0.3) is 0 Å². The van der Waals surface area contributed by atoms with Crippen molar-refractivity contribution in [2.24, 2.45) is 16.3 Å². The standard InChI is InChI=1S/C27H36FN5.CH3.Sb/c1-6-9-21(30-24(10-7-2)27(3,4)5)18-13-14-19(15-18)23-16-25(33-32-23)31-22-12-8-11-20(17-29)26(22)28;;/h7-10,12,16,18-19,29H,6,13-15,17H2,1-5H3,(H2,31,32,33);1H3;/q-1;;+1/b10-7-,21-9+,30-24-;;. The second-order valence-electron chi connectivity index (χ2n) is 10.6. The second-order valence-corrected chi connectivity index (χ2v) is 16.1. The van der Waals surface area contributed by atoms with Crippen LogP contribution in [0.5, 0.6) is 0 Å². The Morgan fingerprint density at radius 2 is 2.11 bits per heavy atom. The number of nitrogens with zero attached hydrogens (tertiary/aromatic N) is 2. The molecular formula is C28H39FN5Sb. The van der Waals surface area contributed by atoms with Crippen LogP contribution in [0, 0.1) is 17.2 Å². The van der Waals surface area contributed by atoms with Crippen molar-refractivity contribution in [1.82, 2.24) is 13.7 Å². The fourth-order valence-corrected chi connectivity index (χ4v) is 9.14. The van der Waals surface area contributed by atoms with Crippen LogP contribution >= 0.6 is 0 Å². The first-order valence-electron chi connectivity index (χ1n) is 12.7. The Morgan fingerprint density at radius 3 is 2.83 bits per heavy atom. The van der Waals surface area contributed by atoms with Crippen LogP contribution in [0.25, 0.3) is 0 Å². The van der Waals surface area contributed by atoms with Crippen molar-refractivity contribution in [2.45, 2.75) is 77.6 Å². The van der Waals surface area contributed by atoms with Crippen molar-refractivity contribution >= 4 is 41.2 Å². The van der Waals surface area contributed by atoms with Gasteiger partial charge in [-0.25, -0.2) is 0 Å². The Bertz CT molecular complexity index is 1140. The molecule has 2 unspecified atom stereocenters. The average Bonchev–Trinajstić information content (AvgIpc) is 3.55. The zero-order chi connectivity index (χ0) is 25.2. The van der Waals surface area contributed by atoms with Gasteiger partial charge in [-0.1, -0.05) is 39.8 Å². The molecule has 5 nitrogen and oxygen atoms in total. The number of aromatic nitrogens is 2. The molecule has 0 bridgehead atoms. The molecule has 0 saturated heterocycles. The topological polar surface area (TPSA) is 65.1 Å². The number of rotatable bonds is 7. The summed E-state index contributed by atoms with van der Waals surface area (Å²) in [4.78, 5) is 7.39. The van der Waals surface area contributed by atoms with Gasteiger partial charge in [-0.05, 0) is 19.4 Å². The van der Waals surface area contributed by atoms with Crippen molar-refractivity contribution in [3.63, 3.8) is 0 Å². The summed E-state index contributed by atoms with van der Waals surface area (Å²) < 4.78 is 19.8. The van der Waals surface area contributed by atoms with E-state index in [0.717, 1.165) is 42.7 Å². The zero-order valence-electron chi connectivity index (χ0n) is 21.9. The molecule has 3 N–H and O–H groups in total. The van der Waals surface area contributed by atoms with Crippen LogP contribution in [-0.2, 0) is 6.54 Å². The number of benzene rings is 1. The number of hydrogen-bond donors (Lipinski definition) is 3. The Kier molecular flexibility index (Phi) is 8.22. The molecule has 0 radical (unpaired) electrons. The molecule has 1 saturated carbocycles. The third-order valence-electron chi connectivity index (χ3n) is 6.98. The number of anilines is 2. The summed E-state index contributed by atoms with van der Waals surface area (Å²) in [5, 5.41) is 10.9. The Balaban J connectivity index is 1.47. The number of nitrogens with one attached hydrogen (secondary N) is 3. The van der Waals surface area contributed by atoms with E-state index >= 15 is 4.39 Å². The van der Waals surface area contributed by atoms with E-state index in [1.807, 2.05) is 19.1 Å². The maximum atomic E-state index is 15.1. The van der Waals surface area contributed by atoms with Gasteiger partial charge >= 0.3 is 142 Å². The minimum atomic E-state index is -1.63. The summed E-state index contributed by atoms with van der Waals surface area (Å²) in [6.45, 7) is 11.5. The van der Waals surface area contributed by atoms with E-state index < -0.39 is 20.5 Å². The van der Waals surface area contributed by atoms with Gasteiger partial charge in [-0.15, -0.1) is 0 Å². The predicted molar refractivity (Wildman–Crippen MR) is 147 cm³/mol. The average molecular weight is 586 g/mol. The Hall–Kier alpha value is -1.91. The molecule has 2 aromatic rings. The third kappa shape index (κ3) is 5.91. The van der Waals surface area contributed by atoms with Crippen LogP contribution < -0.4 is 12.3 Å². The van der Waals surface area contributed by atoms with Crippen molar-refractivity contribution < 1.29 is 4.39 Å². The van der Waals surface area contributed by atoms with Crippen LogP contribution in [-0.4, -0.2) is 36.4 Å². The number of aliphatic imine (C=N–C) groups is 1. The van der Waals surface area contributed by atoms with Gasteiger partial charge in [0, 0.05) is 11.1 Å². The summed E-state index contributed by atoms with van der Waals surface area (Å²) in [6.07, 6.45) is 10.7. The van der Waals surface area contributed by atoms with E-state index in [9.17, 15) is 0 Å². The first-order valence-corrected chi connectivity index (χ1v) is 17.8. The van der Waals surface area contributed by atoms with E-state index in [1.165, 1.54) is 9.21 Å². The van der Waals surface area contributed by atoms with Gasteiger partial charge < -0.3 is 0 Å². The smallest absolute Gasteiger partial charge is 0.00414 e. The third-order valence-corrected chi connectivity index (χ3v) is 12.0. The van der Waals surface area contributed by atoms with Crippen molar-refractivity contribution in [1.29, 1.82) is 0 Å². The number of H-pyrrole nitrogens is 1. The van der Waals surface area contributed by atoms with Gasteiger partial charge in [0.05, 0.1) is 0 Å². The maximum Gasteiger partial charge on any atom is 0.00414 e. The predicted octanol–water partition coefficient (Wildman–Crippen LogP) is 6.46. The number of hydrogen-bond acceptors (Lipinski definition) is 4. The molecule has 1 fully saturated rings. The molecule has 0 spiro atoms. The monoisotopic (exact) mass is 585 g/mol. The number of allylic oxidation sites excluding steroid dienone is 4. The molecule has 1 aromatic heterocycles. The van der Waals surface area contributed by atoms with Crippen LogP contribution in [0.2, 0.25) is 4.87 Å². The van der Waals surface area contributed by atoms with Gasteiger partial charge in [0.2, 0.25) is 0 Å². The number of fused-ring (bicyclic) bond motifs is 1. The second kappa shape index (κ2) is 11.0. The normalized spacial score (nSPS) is 21.8. The fourth-order valence-electron chi connectivity index (χ4n) is 5.02. The van der Waals surface area contributed by atoms with E-state index in [-0.39, 0.29) is 11.2 Å². The van der Waals surface area contributed by atoms with Gasteiger partial charge in [0.15, 0.2) is 0 Å². The SMILES string of the molecule is C\C=C/C(=N/C(=C/CC)C1CCC(c2cc(Nc3cc[c]4c(c3F)C[NH][Sb]4[CH3])n[nH]2)C1)C(C)(C)C. The van der Waals surface area contributed by atoms with Crippen molar-refractivity contribution in [2.75, 3.05) is 5.32 Å². The summed E-state index contributed by atoms with van der Waals surface area (Å²) in [5.74, 6) is 1.38. The first-order chi connectivity index (χ1) is 16.7. The maximum absolute atomic E-state index is 15.1. The van der Waals surface area contributed by atoms with Crippen LogP contribution in [0.1, 0.15) is 77.5 Å². The van der Waals surface area contributed by atoms with Crippen molar-refractivity contribution in [3.8, 4) is 0 Å². The van der Waals surface area contributed by atoms with Gasteiger partial charge in [0.1, 0.15) is 0 Å². The molecule has 2 heterocycles. The molecule has 1 aliphatic heterocycles. The molecule has 7 heteroatoms. The largest absolute Gasteiger partial charge is 0.0546 e. The van der Waals surface area contributed by atoms with Gasteiger partial charge in [-0.3, -0.25) is 4.99 Å². The molecule has 0 amide bonds. The van der Waals surface area contributed by atoms with E-state index in [2.05, 4.69) is 75.8 Å². The zero-order valence-corrected chi connectivity index (χ0v) is 24.4. The van der Waals surface area contributed by atoms with Crippen LogP contribution in [0.15, 0.2) is 47.1 Å². The van der Waals surface area contributed by atoms with Crippen LogP contribution in [0.4, 0.5) is 15.9 Å². The molecule has 4 rings (SSSR count). The molecule has 188 valence electrons. The summed E-state index contributed by atoms with van der Waals surface area (Å²) in [5.41, 5.74) is 4.80. The molecule has 1 aromatic carbocycles. The summed E-state index contributed by atoms with van der Waals surface area (Å²) in [7, 11) is 0. The van der Waals surface area contributed by atoms with E-state index in [0.29, 0.717) is 29.9 Å². The molecule has 1 aliphatic carbocycles. The van der Waals surface area contributed by atoms with E-state index in [1.54, 1.807) is 0 Å². The van der Waals surface area contributed by atoms with Crippen molar-refractivity contribution in [3.05, 3.63) is 59.2 Å². The summed E-state index contributed by atoms with van der Waals surface area (Å²) in [6, 6.07) is 5.99. The molecule has 2 aliphatic rings. The quantitative estimate of drug-likeness (QED) is 0.258. The molecule has 2 atom stereocenters. The molecular weight excluding hydrogens is 547 g/mol. The first kappa shape index (κ1) is 26.2. The number of halogens is 1. The minimum Gasteiger partial charge on any atom is -0.0546 e. The number of aromatic amines is 1. The van der Waals surface area contributed by atoms with E-state index in [4.69, 9.17) is 4.99 Å². The Labute approximate surface area is 217 Å². The fraction of sp³-hybridized carbons (Fsp3) is 0.500. The van der Waals surface area contributed by atoms with Gasteiger partial charge in [-0.2, -0.15) is 0 Å². The summed E-state index contributed by atoms with van der Waals surface area (Å²) >= 11 is -1.63.